The van der Waals surface area contributed by atoms with Crippen molar-refractivity contribution in [3.8, 4) is 0 Å². The molecule has 6 heteroatoms. The molecule has 3 rings (SSSR count). The Kier molecular flexibility index (Phi) is 3.73. The summed E-state index contributed by atoms with van der Waals surface area (Å²) in [4.78, 5) is 0. The second-order valence-electron chi connectivity index (χ2n) is 5.31. The number of hydrogen-bond acceptors (Lipinski definition) is 4. The Morgan fingerprint density at radius 3 is 2.57 bits per heavy atom. The summed E-state index contributed by atoms with van der Waals surface area (Å²) in [6, 6.07) is 10.7. The van der Waals surface area contributed by atoms with Gasteiger partial charge in [-0.15, -0.1) is 0 Å². The summed E-state index contributed by atoms with van der Waals surface area (Å²) >= 11 is 0. The Labute approximate surface area is 124 Å². The van der Waals surface area contributed by atoms with Gasteiger partial charge in [-0.2, -0.15) is 4.31 Å². The van der Waals surface area contributed by atoms with Crippen LogP contribution < -0.4 is 5.73 Å². The van der Waals surface area contributed by atoms with Crippen molar-refractivity contribution in [2.75, 3.05) is 5.73 Å². The molecular formula is C15H18N2O3S. The van der Waals surface area contributed by atoms with Gasteiger partial charge in [0.25, 0.3) is 0 Å². The van der Waals surface area contributed by atoms with E-state index in [4.69, 9.17) is 10.2 Å². The predicted octanol–water partition coefficient (Wildman–Crippen LogP) is 2.36. The minimum atomic E-state index is -3.42. The van der Waals surface area contributed by atoms with Crippen LogP contribution in [-0.2, 0) is 22.3 Å². The number of nitrogens with two attached hydrogens (primary N) is 1. The van der Waals surface area contributed by atoms with Gasteiger partial charge in [-0.25, -0.2) is 8.42 Å². The molecular weight excluding hydrogens is 288 g/mol. The molecule has 0 unspecified atom stereocenters. The van der Waals surface area contributed by atoms with Gasteiger partial charge < -0.3 is 10.2 Å². The number of hydrogen-bond donors (Lipinski definition) is 1. The van der Waals surface area contributed by atoms with E-state index in [1.807, 2.05) is 0 Å². The molecule has 112 valence electrons. The van der Waals surface area contributed by atoms with E-state index in [2.05, 4.69) is 0 Å². The molecule has 1 aromatic heterocycles. The maximum atomic E-state index is 12.7. The summed E-state index contributed by atoms with van der Waals surface area (Å²) in [6.45, 7) is 0.284. The quantitative estimate of drug-likeness (QED) is 0.831. The van der Waals surface area contributed by atoms with Crippen molar-refractivity contribution >= 4 is 15.7 Å². The first kappa shape index (κ1) is 14.2. The maximum absolute atomic E-state index is 12.7. The molecule has 0 radical (unpaired) electrons. The highest BCUT2D eigenvalue weighted by atomic mass is 32.2. The van der Waals surface area contributed by atoms with Crippen LogP contribution in [0.5, 0.6) is 0 Å². The standard InChI is InChI=1S/C15H18N2O3S/c16-15-6-2-1-4-12(15)11-21(18,19)17(13-7-8-13)10-14-5-3-9-20-14/h1-6,9,13H,7-8,10-11,16H2. The second-order valence-corrected chi connectivity index (χ2v) is 7.23. The van der Waals surface area contributed by atoms with Gasteiger partial charge in [-0.1, -0.05) is 18.2 Å². The molecule has 0 atom stereocenters. The van der Waals surface area contributed by atoms with Gasteiger partial charge in [-0.3, -0.25) is 0 Å². The minimum Gasteiger partial charge on any atom is -0.468 e. The van der Waals surface area contributed by atoms with Crippen molar-refractivity contribution in [3.05, 3.63) is 54.0 Å². The molecule has 1 aliphatic carbocycles. The fourth-order valence-corrected chi connectivity index (χ4v) is 4.13. The van der Waals surface area contributed by atoms with Crippen molar-refractivity contribution in [1.29, 1.82) is 0 Å². The largest absolute Gasteiger partial charge is 0.468 e. The number of nitrogens with zero attached hydrogens (tertiary/aromatic N) is 1. The summed E-state index contributed by atoms with van der Waals surface area (Å²) in [6.07, 6.45) is 3.37. The summed E-state index contributed by atoms with van der Waals surface area (Å²) in [5.41, 5.74) is 7.00. The minimum absolute atomic E-state index is 0.0725. The maximum Gasteiger partial charge on any atom is 0.219 e. The van der Waals surface area contributed by atoms with Gasteiger partial charge in [0.1, 0.15) is 5.76 Å². The van der Waals surface area contributed by atoms with Gasteiger partial charge in [0, 0.05) is 11.7 Å². The van der Waals surface area contributed by atoms with E-state index in [0.717, 1.165) is 12.8 Å². The van der Waals surface area contributed by atoms with Gasteiger partial charge in [-0.05, 0) is 36.6 Å². The highest BCUT2D eigenvalue weighted by Crippen LogP contribution is 2.32. The lowest BCUT2D eigenvalue weighted by Gasteiger charge is -2.21. The van der Waals surface area contributed by atoms with Crippen LogP contribution in [0.2, 0.25) is 0 Å². The number of furan rings is 1. The lowest BCUT2D eigenvalue weighted by molar-refractivity contribution is 0.356. The summed E-state index contributed by atoms with van der Waals surface area (Å²) in [5.74, 6) is 0.586. The molecule has 21 heavy (non-hydrogen) atoms. The number of anilines is 1. The highest BCUT2D eigenvalue weighted by molar-refractivity contribution is 7.88. The molecule has 5 nitrogen and oxygen atoms in total. The number of rotatable bonds is 6. The SMILES string of the molecule is Nc1ccccc1CS(=O)(=O)N(Cc1ccco1)C1CC1. The molecule has 1 aliphatic rings. The number of nitrogen functional groups attached to an aromatic ring is 1. The first-order valence-electron chi connectivity index (χ1n) is 6.91. The average molecular weight is 306 g/mol. The van der Waals surface area contributed by atoms with Crippen molar-refractivity contribution < 1.29 is 12.8 Å². The van der Waals surface area contributed by atoms with Crippen molar-refractivity contribution in [2.45, 2.75) is 31.2 Å². The van der Waals surface area contributed by atoms with Crippen molar-refractivity contribution in [1.82, 2.24) is 4.31 Å². The fourth-order valence-electron chi connectivity index (χ4n) is 2.32. The van der Waals surface area contributed by atoms with Crippen LogP contribution in [0.25, 0.3) is 0 Å². The van der Waals surface area contributed by atoms with Crippen LogP contribution in [0.1, 0.15) is 24.2 Å². The molecule has 0 aliphatic heterocycles. The van der Waals surface area contributed by atoms with E-state index in [-0.39, 0.29) is 18.3 Å². The van der Waals surface area contributed by atoms with Gasteiger partial charge in [0.15, 0.2) is 0 Å². The molecule has 0 amide bonds. The van der Waals surface area contributed by atoms with E-state index in [1.165, 1.54) is 4.31 Å². The van der Waals surface area contributed by atoms with Crippen LogP contribution >= 0.6 is 0 Å². The van der Waals surface area contributed by atoms with Crippen molar-refractivity contribution in [3.63, 3.8) is 0 Å². The summed E-state index contributed by atoms with van der Waals surface area (Å²) in [7, 11) is -3.42. The van der Waals surface area contributed by atoms with E-state index < -0.39 is 10.0 Å². The molecule has 1 saturated carbocycles. The van der Waals surface area contributed by atoms with E-state index in [1.54, 1.807) is 42.7 Å². The van der Waals surface area contributed by atoms with Crippen molar-refractivity contribution in [2.24, 2.45) is 0 Å². The lowest BCUT2D eigenvalue weighted by atomic mass is 10.2. The molecule has 2 N–H and O–H groups in total. The Bertz CT molecular complexity index is 706. The smallest absolute Gasteiger partial charge is 0.219 e. The third-order valence-corrected chi connectivity index (χ3v) is 5.41. The Morgan fingerprint density at radius 1 is 1.19 bits per heavy atom. The number of para-hydroxylation sites is 1. The van der Waals surface area contributed by atoms with Crippen LogP contribution in [-0.4, -0.2) is 18.8 Å². The van der Waals surface area contributed by atoms with Gasteiger partial charge in [0.05, 0.1) is 18.6 Å². The normalized spacial score (nSPS) is 15.5. The molecule has 1 aromatic carbocycles. The second kappa shape index (κ2) is 5.54. The van der Waals surface area contributed by atoms with Crippen LogP contribution in [0.3, 0.4) is 0 Å². The Morgan fingerprint density at radius 2 is 1.95 bits per heavy atom. The zero-order valence-electron chi connectivity index (χ0n) is 11.6. The van der Waals surface area contributed by atoms with Gasteiger partial charge in [0.2, 0.25) is 10.0 Å². The summed E-state index contributed by atoms with van der Waals surface area (Å²) < 4.78 is 32.2. The number of benzene rings is 1. The fraction of sp³-hybridized carbons (Fsp3) is 0.333. The first-order chi connectivity index (χ1) is 10.1. The zero-order chi connectivity index (χ0) is 14.9. The third-order valence-electron chi connectivity index (χ3n) is 3.60. The Hall–Kier alpha value is -1.79. The third kappa shape index (κ3) is 3.28. The molecule has 0 bridgehead atoms. The lowest BCUT2D eigenvalue weighted by Crippen LogP contribution is -2.33. The van der Waals surface area contributed by atoms with E-state index in [9.17, 15) is 8.42 Å². The first-order valence-corrected chi connectivity index (χ1v) is 8.52. The molecule has 0 spiro atoms. The van der Waals surface area contributed by atoms with E-state index in [0.29, 0.717) is 17.0 Å². The van der Waals surface area contributed by atoms with Crippen LogP contribution in [0.4, 0.5) is 5.69 Å². The van der Waals surface area contributed by atoms with Crippen LogP contribution in [0.15, 0.2) is 47.1 Å². The summed E-state index contributed by atoms with van der Waals surface area (Å²) in [5, 5.41) is 0. The molecule has 2 aromatic rings. The van der Waals surface area contributed by atoms with E-state index >= 15 is 0 Å². The number of sulfonamides is 1. The molecule has 1 fully saturated rings. The molecule has 1 heterocycles. The zero-order valence-corrected chi connectivity index (χ0v) is 12.4. The topological polar surface area (TPSA) is 76.5 Å². The average Bonchev–Trinajstić information content (AvgIpc) is 3.14. The Balaban J connectivity index is 1.82. The van der Waals surface area contributed by atoms with Gasteiger partial charge >= 0.3 is 0 Å². The highest BCUT2D eigenvalue weighted by Gasteiger charge is 2.37. The molecule has 0 saturated heterocycles. The van der Waals surface area contributed by atoms with Crippen LogP contribution in [0, 0.1) is 0 Å². The monoisotopic (exact) mass is 306 g/mol. The predicted molar refractivity (Wildman–Crippen MR) is 80.8 cm³/mol.